The van der Waals surface area contributed by atoms with E-state index < -0.39 is 29.8 Å². The fourth-order valence-electron chi connectivity index (χ4n) is 2.13. The highest BCUT2D eigenvalue weighted by molar-refractivity contribution is 5.53. The van der Waals surface area contributed by atoms with Crippen molar-refractivity contribution in [2.75, 3.05) is 0 Å². The zero-order valence-electron chi connectivity index (χ0n) is 12.9. The van der Waals surface area contributed by atoms with E-state index in [0.717, 1.165) is 0 Å². The molecule has 5 N–H and O–H groups in total. The second kappa shape index (κ2) is 8.31. The minimum Gasteiger partial charge on any atom is -0.509 e. The molecule has 5 heteroatoms. The van der Waals surface area contributed by atoms with Gasteiger partial charge in [-0.25, -0.2) is 0 Å². The van der Waals surface area contributed by atoms with Crippen LogP contribution in [0.5, 0.6) is 0 Å². The van der Waals surface area contributed by atoms with Crippen molar-refractivity contribution in [3.05, 3.63) is 83.3 Å². The Morgan fingerprint density at radius 3 is 1.29 bits per heavy atom. The molecule has 3 atom stereocenters. The van der Waals surface area contributed by atoms with Crippen molar-refractivity contribution in [3.63, 3.8) is 0 Å². The van der Waals surface area contributed by atoms with Gasteiger partial charge in [-0.2, -0.15) is 0 Å². The molecular weight excluding hydrogens is 308 g/mol. The van der Waals surface area contributed by atoms with Gasteiger partial charge in [0.1, 0.15) is 29.8 Å². The standard InChI is InChI=1S/C19H20O5/c20-15(11-13-7-3-1-4-8-13)17(22)19(24)18(23)16(21)12-14-9-5-2-6-10-14/h1-12,17-24H/t17-,18+,19-. The van der Waals surface area contributed by atoms with Crippen molar-refractivity contribution < 1.29 is 25.5 Å². The van der Waals surface area contributed by atoms with E-state index in [1.807, 2.05) is 0 Å². The maximum absolute atomic E-state index is 9.98. The average Bonchev–Trinajstić information content (AvgIpc) is 2.61. The summed E-state index contributed by atoms with van der Waals surface area (Å²) in [5.41, 5.74) is 1.25. The molecule has 0 fully saturated rings. The zero-order chi connectivity index (χ0) is 17.5. The van der Waals surface area contributed by atoms with Crippen LogP contribution in [0.4, 0.5) is 0 Å². The summed E-state index contributed by atoms with van der Waals surface area (Å²) in [6, 6.07) is 17.5. The highest BCUT2D eigenvalue weighted by Crippen LogP contribution is 2.17. The largest absolute Gasteiger partial charge is 0.509 e. The maximum atomic E-state index is 9.98. The first-order valence-corrected chi connectivity index (χ1v) is 7.44. The van der Waals surface area contributed by atoms with Gasteiger partial charge in [-0.1, -0.05) is 60.7 Å². The molecule has 0 spiro atoms. The molecule has 24 heavy (non-hydrogen) atoms. The molecule has 2 rings (SSSR count). The molecule has 0 saturated carbocycles. The molecule has 2 aromatic rings. The van der Waals surface area contributed by atoms with Crippen molar-refractivity contribution in [2.45, 2.75) is 18.3 Å². The summed E-state index contributed by atoms with van der Waals surface area (Å²) in [6.07, 6.45) is -2.72. The van der Waals surface area contributed by atoms with Crippen LogP contribution in [0.15, 0.2) is 72.2 Å². The molecule has 0 aliphatic carbocycles. The summed E-state index contributed by atoms with van der Waals surface area (Å²) in [7, 11) is 0. The molecule has 2 aromatic carbocycles. The van der Waals surface area contributed by atoms with E-state index in [4.69, 9.17) is 0 Å². The molecule has 0 radical (unpaired) electrons. The lowest BCUT2D eigenvalue weighted by Crippen LogP contribution is -2.39. The van der Waals surface area contributed by atoms with Gasteiger partial charge >= 0.3 is 0 Å². The molecule has 0 amide bonds. The Hall–Kier alpha value is -2.60. The van der Waals surface area contributed by atoms with Crippen molar-refractivity contribution in [2.24, 2.45) is 0 Å². The summed E-state index contributed by atoms with van der Waals surface area (Å²) in [4.78, 5) is 0. The fraction of sp³-hybridized carbons (Fsp3) is 0.158. The van der Waals surface area contributed by atoms with Crippen LogP contribution in [0.25, 0.3) is 12.2 Å². The lowest BCUT2D eigenvalue weighted by atomic mass is 10.0. The number of aliphatic hydroxyl groups is 5. The van der Waals surface area contributed by atoms with Gasteiger partial charge < -0.3 is 25.5 Å². The van der Waals surface area contributed by atoms with Gasteiger partial charge in [-0.3, -0.25) is 0 Å². The first-order chi connectivity index (χ1) is 11.5. The predicted octanol–water partition coefficient (Wildman–Crippen LogP) is 2.27. The van der Waals surface area contributed by atoms with Gasteiger partial charge in [0.05, 0.1) is 0 Å². The molecule has 0 aliphatic heterocycles. The smallest absolute Gasteiger partial charge is 0.140 e. The van der Waals surface area contributed by atoms with E-state index in [-0.39, 0.29) is 0 Å². The summed E-state index contributed by atoms with van der Waals surface area (Å²) >= 11 is 0. The zero-order valence-corrected chi connectivity index (χ0v) is 12.9. The Kier molecular flexibility index (Phi) is 6.14. The first-order valence-electron chi connectivity index (χ1n) is 7.44. The summed E-state index contributed by atoms with van der Waals surface area (Å²) in [5, 5.41) is 49.7. The van der Waals surface area contributed by atoms with Gasteiger partial charge in [0, 0.05) is 0 Å². The van der Waals surface area contributed by atoms with E-state index in [0.29, 0.717) is 11.1 Å². The third-order valence-electron chi connectivity index (χ3n) is 3.48. The molecular formula is C19H20O5. The lowest BCUT2D eigenvalue weighted by Gasteiger charge is -2.22. The summed E-state index contributed by atoms with van der Waals surface area (Å²) in [6.45, 7) is 0. The Morgan fingerprint density at radius 2 is 0.958 bits per heavy atom. The van der Waals surface area contributed by atoms with Crippen LogP contribution in [-0.2, 0) is 0 Å². The minimum atomic E-state index is -1.79. The number of benzene rings is 2. The minimum absolute atomic E-state index is 0.514. The number of aliphatic hydroxyl groups excluding tert-OH is 5. The van der Waals surface area contributed by atoms with Crippen LogP contribution in [-0.4, -0.2) is 43.8 Å². The molecule has 0 aromatic heterocycles. The second-order valence-corrected chi connectivity index (χ2v) is 5.34. The number of hydrogen-bond acceptors (Lipinski definition) is 5. The van der Waals surface area contributed by atoms with Gasteiger partial charge in [0.15, 0.2) is 0 Å². The highest BCUT2D eigenvalue weighted by Gasteiger charge is 2.30. The molecule has 126 valence electrons. The van der Waals surface area contributed by atoms with Gasteiger partial charge in [0.25, 0.3) is 0 Å². The van der Waals surface area contributed by atoms with Crippen LogP contribution >= 0.6 is 0 Å². The predicted molar refractivity (Wildman–Crippen MR) is 92.1 cm³/mol. The quantitative estimate of drug-likeness (QED) is 0.524. The van der Waals surface area contributed by atoms with Gasteiger partial charge in [0.2, 0.25) is 0 Å². The topological polar surface area (TPSA) is 101 Å². The molecule has 5 nitrogen and oxygen atoms in total. The summed E-state index contributed by atoms with van der Waals surface area (Å²) in [5.74, 6) is -1.03. The third kappa shape index (κ3) is 4.70. The van der Waals surface area contributed by atoms with E-state index >= 15 is 0 Å². The monoisotopic (exact) mass is 328 g/mol. The van der Waals surface area contributed by atoms with Crippen LogP contribution in [0.2, 0.25) is 0 Å². The Balaban J connectivity index is 2.10. The lowest BCUT2D eigenvalue weighted by molar-refractivity contribution is -0.0540. The van der Waals surface area contributed by atoms with Crippen LogP contribution in [0.3, 0.4) is 0 Å². The molecule has 0 bridgehead atoms. The van der Waals surface area contributed by atoms with Crippen molar-refractivity contribution in [1.29, 1.82) is 0 Å². The van der Waals surface area contributed by atoms with Crippen LogP contribution < -0.4 is 0 Å². The number of rotatable bonds is 6. The van der Waals surface area contributed by atoms with Crippen molar-refractivity contribution >= 4 is 12.2 Å². The average molecular weight is 328 g/mol. The van der Waals surface area contributed by atoms with Crippen LogP contribution in [0.1, 0.15) is 11.1 Å². The SMILES string of the molecule is OC(=Cc1ccccc1)[C@@H](O)[C@@H](O)[C@@H](O)C(O)=Cc1ccccc1. The van der Waals surface area contributed by atoms with E-state index in [1.54, 1.807) is 60.7 Å². The van der Waals surface area contributed by atoms with Crippen LogP contribution in [0, 0.1) is 0 Å². The van der Waals surface area contributed by atoms with E-state index in [2.05, 4.69) is 0 Å². The summed E-state index contributed by atoms with van der Waals surface area (Å²) < 4.78 is 0. The Bertz CT molecular complexity index is 633. The first kappa shape index (κ1) is 17.7. The Morgan fingerprint density at radius 1 is 0.625 bits per heavy atom. The van der Waals surface area contributed by atoms with Gasteiger partial charge in [-0.15, -0.1) is 0 Å². The molecule has 0 aliphatic rings. The molecule has 0 unspecified atom stereocenters. The third-order valence-corrected chi connectivity index (χ3v) is 3.48. The molecule has 0 heterocycles. The van der Waals surface area contributed by atoms with Crippen molar-refractivity contribution in [3.8, 4) is 0 Å². The Labute approximate surface area is 140 Å². The van der Waals surface area contributed by atoms with Gasteiger partial charge in [-0.05, 0) is 23.3 Å². The highest BCUT2D eigenvalue weighted by atomic mass is 16.4. The maximum Gasteiger partial charge on any atom is 0.140 e. The second-order valence-electron chi connectivity index (χ2n) is 5.34. The number of hydrogen-bond donors (Lipinski definition) is 5. The van der Waals surface area contributed by atoms with Crippen molar-refractivity contribution in [1.82, 2.24) is 0 Å². The fourth-order valence-corrected chi connectivity index (χ4v) is 2.13. The molecule has 0 saturated heterocycles. The van der Waals surface area contributed by atoms with E-state index in [9.17, 15) is 25.5 Å². The van der Waals surface area contributed by atoms with E-state index in [1.165, 1.54) is 12.2 Å². The normalized spacial score (nSPS) is 16.5.